The van der Waals surface area contributed by atoms with Gasteiger partial charge in [0.15, 0.2) is 0 Å². The highest BCUT2D eigenvalue weighted by atomic mass is 16.6. The van der Waals surface area contributed by atoms with Crippen molar-refractivity contribution in [1.82, 2.24) is 40.8 Å². The molecule has 26 heavy (non-hydrogen) atoms. The molecule has 130 valence electrons. The summed E-state index contributed by atoms with van der Waals surface area (Å²) in [5.74, 6) is -0.942. The van der Waals surface area contributed by atoms with E-state index in [1.807, 2.05) is 0 Å². The molecule has 0 saturated heterocycles. The Bertz CT molecular complexity index is 1030. The first kappa shape index (κ1) is 15.1. The van der Waals surface area contributed by atoms with E-state index in [0.717, 1.165) is 12.4 Å². The van der Waals surface area contributed by atoms with Crippen molar-refractivity contribution in [3.63, 3.8) is 0 Å². The van der Waals surface area contributed by atoms with Crippen molar-refractivity contribution in [3.8, 4) is 35.0 Å². The Morgan fingerprint density at radius 3 is 1.50 bits per heavy atom. The zero-order chi connectivity index (χ0) is 18.3. The summed E-state index contributed by atoms with van der Waals surface area (Å²) in [5, 5.41) is 48.2. The van der Waals surface area contributed by atoms with Gasteiger partial charge in [0.2, 0.25) is 11.4 Å². The molecule has 0 radical (unpaired) electrons. The van der Waals surface area contributed by atoms with Crippen LogP contribution in [0.15, 0.2) is 21.2 Å². The van der Waals surface area contributed by atoms with Crippen LogP contribution in [-0.4, -0.2) is 50.6 Å². The van der Waals surface area contributed by atoms with Gasteiger partial charge in [-0.1, -0.05) is 0 Å². The SMILES string of the molecule is O=[N+]([O-])c1cn[nH]c1-c1nnc(-c2nnc(-c3[nH]ncc3[N+](=O)[O-])o2)o1. The zero-order valence-electron chi connectivity index (χ0n) is 12.2. The van der Waals surface area contributed by atoms with Gasteiger partial charge in [0.1, 0.15) is 12.4 Å². The summed E-state index contributed by atoms with van der Waals surface area (Å²) in [5.41, 5.74) is -0.922. The van der Waals surface area contributed by atoms with Gasteiger partial charge in [-0.05, 0) is 0 Å². The molecule has 2 N–H and O–H groups in total. The van der Waals surface area contributed by atoms with Crippen LogP contribution in [-0.2, 0) is 0 Å². The van der Waals surface area contributed by atoms with Crippen molar-refractivity contribution in [3.05, 3.63) is 32.6 Å². The highest BCUT2D eigenvalue weighted by Gasteiger charge is 2.27. The number of H-pyrrole nitrogens is 2. The van der Waals surface area contributed by atoms with E-state index in [1.165, 1.54) is 0 Å². The van der Waals surface area contributed by atoms with Crippen LogP contribution in [0.1, 0.15) is 0 Å². The molecule has 4 aromatic rings. The molecule has 4 aromatic heterocycles. The fraction of sp³-hybridized carbons (Fsp3) is 0. The van der Waals surface area contributed by atoms with Crippen LogP contribution >= 0.6 is 0 Å². The average molecular weight is 360 g/mol. The number of nitrogens with zero attached hydrogens (tertiary/aromatic N) is 8. The molecule has 16 nitrogen and oxygen atoms in total. The lowest BCUT2D eigenvalue weighted by Gasteiger charge is -1.89. The van der Waals surface area contributed by atoms with Gasteiger partial charge >= 0.3 is 23.2 Å². The van der Waals surface area contributed by atoms with E-state index in [1.54, 1.807) is 0 Å². The van der Waals surface area contributed by atoms with Crippen molar-refractivity contribution < 1.29 is 18.7 Å². The molecule has 16 heteroatoms. The number of aromatic nitrogens is 8. The van der Waals surface area contributed by atoms with Crippen LogP contribution < -0.4 is 0 Å². The van der Waals surface area contributed by atoms with Crippen LogP contribution in [0, 0.1) is 20.2 Å². The second kappa shape index (κ2) is 5.54. The Kier molecular flexibility index (Phi) is 3.21. The number of rotatable bonds is 5. The number of nitrogens with one attached hydrogen (secondary N) is 2. The molecule has 0 aliphatic rings. The Labute approximate surface area is 139 Å². The monoisotopic (exact) mass is 360 g/mol. The van der Waals surface area contributed by atoms with Gasteiger partial charge in [0.25, 0.3) is 11.8 Å². The smallest absolute Gasteiger partial charge is 0.319 e. The van der Waals surface area contributed by atoms with E-state index >= 15 is 0 Å². The lowest BCUT2D eigenvalue weighted by Crippen LogP contribution is -1.89. The maximum atomic E-state index is 10.9. The summed E-state index contributed by atoms with van der Waals surface area (Å²) in [4.78, 5) is 20.5. The third-order valence-electron chi connectivity index (χ3n) is 3.09. The topological polar surface area (TPSA) is 221 Å². The molecular weight excluding hydrogens is 356 g/mol. The molecule has 0 aliphatic heterocycles. The molecule has 0 aliphatic carbocycles. The third kappa shape index (κ3) is 2.33. The molecule has 4 heterocycles. The van der Waals surface area contributed by atoms with Crippen molar-refractivity contribution in [2.75, 3.05) is 0 Å². The molecule has 0 aromatic carbocycles. The fourth-order valence-electron chi connectivity index (χ4n) is 1.97. The summed E-state index contributed by atoms with van der Waals surface area (Å²) in [7, 11) is 0. The van der Waals surface area contributed by atoms with Gasteiger partial charge in [-0.2, -0.15) is 10.2 Å². The summed E-state index contributed by atoms with van der Waals surface area (Å²) < 4.78 is 10.5. The third-order valence-corrected chi connectivity index (χ3v) is 3.09. The Morgan fingerprint density at radius 1 is 0.731 bits per heavy atom. The first-order valence-electron chi connectivity index (χ1n) is 6.58. The minimum atomic E-state index is -0.676. The second-order valence-electron chi connectivity index (χ2n) is 4.60. The van der Waals surface area contributed by atoms with Gasteiger partial charge in [0.05, 0.1) is 9.85 Å². The quantitative estimate of drug-likeness (QED) is 0.371. The van der Waals surface area contributed by atoms with Crippen LogP contribution in [0.25, 0.3) is 35.0 Å². The molecule has 0 spiro atoms. The molecule has 0 fully saturated rings. The molecule has 0 bridgehead atoms. The Balaban J connectivity index is 1.68. The molecular formula is C10H4N10O6. The van der Waals surface area contributed by atoms with E-state index in [9.17, 15) is 20.2 Å². The Morgan fingerprint density at radius 2 is 1.12 bits per heavy atom. The van der Waals surface area contributed by atoms with Crippen LogP contribution in [0.2, 0.25) is 0 Å². The van der Waals surface area contributed by atoms with Gasteiger partial charge in [-0.3, -0.25) is 30.4 Å². The van der Waals surface area contributed by atoms with E-state index in [0.29, 0.717) is 0 Å². The normalized spacial score (nSPS) is 10.9. The van der Waals surface area contributed by atoms with E-state index < -0.39 is 9.85 Å². The molecule has 0 unspecified atom stereocenters. The number of aromatic amines is 2. The second-order valence-corrected chi connectivity index (χ2v) is 4.60. The predicted octanol–water partition coefficient (Wildman–Crippen LogP) is 0.716. The summed E-state index contributed by atoms with van der Waals surface area (Å²) in [6.07, 6.45) is 1.97. The minimum Gasteiger partial charge on any atom is -0.410 e. The number of nitro groups is 2. The average Bonchev–Trinajstić information content (AvgIpc) is 3.40. The summed E-state index contributed by atoms with van der Waals surface area (Å²) >= 11 is 0. The largest absolute Gasteiger partial charge is 0.410 e. The molecule has 0 saturated carbocycles. The highest BCUT2D eigenvalue weighted by molar-refractivity contribution is 5.62. The number of hydrogen-bond donors (Lipinski definition) is 2. The van der Waals surface area contributed by atoms with Crippen molar-refractivity contribution in [2.24, 2.45) is 0 Å². The van der Waals surface area contributed by atoms with Gasteiger partial charge in [-0.25, -0.2) is 0 Å². The standard InChI is InChI=1S/C10H4N10O6/c21-19(22)3-1-11-13-5(3)7-15-17-9(25-7)10-18-16-8(26-10)6-4(20(23)24)2-12-14-6/h1-2H,(H,11,13)(H,12,14). The lowest BCUT2D eigenvalue weighted by atomic mass is 10.4. The van der Waals surface area contributed by atoms with Gasteiger partial charge < -0.3 is 8.83 Å². The van der Waals surface area contributed by atoms with E-state index in [4.69, 9.17) is 8.83 Å². The van der Waals surface area contributed by atoms with Crippen molar-refractivity contribution in [2.45, 2.75) is 0 Å². The summed E-state index contributed by atoms with van der Waals surface area (Å²) in [6.45, 7) is 0. The summed E-state index contributed by atoms with van der Waals surface area (Å²) in [6, 6.07) is 0. The van der Waals surface area contributed by atoms with E-state index in [-0.39, 0.29) is 46.3 Å². The van der Waals surface area contributed by atoms with Crippen LogP contribution in [0.4, 0.5) is 11.4 Å². The van der Waals surface area contributed by atoms with Crippen LogP contribution in [0.3, 0.4) is 0 Å². The number of hydrogen-bond acceptors (Lipinski definition) is 12. The highest BCUT2D eigenvalue weighted by Crippen LogP contribution is 2.30. The predicted molar refractivity (Wildman–Crippen MR) is 76.1 cm³/mol. The zero-order valence-corrected chi connectivity index (χ0v) is 12.2. The van der Waals surface area contributed by atoms with Gasteiger partial charge in [0, 0.05) is 0 Å². The van der Waals surface area contributed by atoms with Crippen LogP contribution in [0.5, 0.6) is 0 Å². The molecule has 4 rings (SSSR count). The van der Waals surface area contributed by atoms with Crippen molar-refractivity contribution in [1.29, 1.82) is 0 Å². The maximum Gasteiger partial charge on any atom is 0.319 e. The fourth-order valence-corrected chi connectivity index (χ4v) is 1.97. The van der Waals surface area contributed by atoms with Crippen molar-refractivity contribution >= 4 is 11.4 Å². The minimum absolute atomic E-state index is 0.0994. The van der Waals surface area contributed by atoms with Gasteiger partial charge in [-0.15, -0.1) is 20.4 Å². The molecule has 0 amide bonds. The molecule has 0 atom stereocenters. The van der Waals surface area contributed by atoms with E-state index in [2.05, 4.69) is 40.8 Å². The first-order chi connectivity index (χ1) is 12.5. The first-order valence-corrected chi connectivity index (χ1v) is 6.58. The maximum absolute atomic E-state index is 10.9. The Hall–Kier alpha value is -4.50. The lowest BCUT2D eigenvalue weighted by molar-refractivity contribution is -0.384.